The Hall–Kier alpha value is -1.82. The van der Waals surface area contributed by atoms with Crippen LogP contribution in [0.15, 0.2) is 18.2 Å². The van der Waals surface area contributed by atoms with E-state index in [2.05, 4.69) is 20.8 Å². The van der Waals surface area contributed by atoms with Gasteiger partial charge in [-0.15, -0.1) is 0 Å². The molecular formula is C15H19NO2. The number of ether oxygens (including phenoxy) is 1. The van der Waals surface area contributed by atoms with Crippen molar-refractivity contribution in [2.75, 3.05) is 6.61 Å². The van der Waals surface area contributed by atoms with Crippen LogP contribution in [0.25, 0.3) is 0 Å². The van der Waals surface area contributed by atoms with E-state index in [-0.39, 0.29) is 24.4 Å². The van der Waals surface area contributed by atoms with Gasteiger partial charge in [0.25, 0.3) is 0 Å². The minimum Gasteiger partial charge on any atom is -0.461 e. The number of nitriles is 1. The van der Waals surface area contributed by atoms with Crippen molar-refractivity contribution < 1.29 is 9.53 Å². The van der Waals surface area contributed by atoms with E-state index in [0.29, 0.717) is 5.56 Å². The Morgan fingerprint density at radius 3 is 2.56 bits per heavy atom. The lowest BCUT2D eigenvalue weighted by molar-refractivity contribution is 0.0513. The lowest BCUT2D eigenvalue weighted by atomic mass is 9.83. The fourth-order valence-electron chi connectivity index (χ4n) is 1.90. The molecule has 0 saturated heterocycles. The maximum absolute atomic E-state index is 11.7. The highest BCUT2D eigenvalue weighted by Gasteiger charge is 2.17. The highest BCUT2D eigenvalue weighted by molar-refractivity contribution is 5.89. The van der Waals surface area contributed by atoms with Gasteiger partial charge in [-0.2, -0.15) is 5.26 Å². The third kappa shape index (κ3) is 3.59. The van der Waals surface area contributed by atoms with E-state index >= 15 is 0 Å². The first-order chi connectivity index (χ1) is 8.36. The number of hydrogen-bond acceptors (Lipinski definition) is 3. The van der Waals surface area contributed by atoms with Crippen molar-refractivity contribution in [3.63, 3.8) is 0 Å². The molecule has 0 unspecified atom stereocenters. The molecule has 0 radical (unpaired) electrons. The number of carbonyl (C=O) groups excluding carboxylic acids is 1. The molecule has 0 aliphatic heterocycles. The van der Waals surface area contributed by atoms with Crippen LogP contribution >= 0.6 is 0 Å². The summed E-state index contributed by atoms with van der Waals surface area (Å²) >= 11 is 0. The largest absolute Gasteiger partial charge is 0.461 e. The molecule has 0 N–H and O–H groups in total. The van der Waals surface area contributed by atoms with Crippen LogP contribution in [-0.4, -0.2) is 12.6 Å². The van der Waals surface area contributed by atoms with Crippen molar-refractivity contribution in [2.24, 2.45) is 0 Å². The molecule has 1 rings (SSSR count). The first kappa shape index (κ1) is 14.2. The SMILES string of the molecule is Cc1cc(C(=O)OCCC#N)ccc1C(C)(C)C. The summed E-state index contributed by atoms with van der Waals surface area (Å²) < 4.78 is 4.99. The molecule has 0 aliphatic carbocycles. The van der Waals surface area contributed by atoms with Crippen LogP contribution in [0.2, 0.25) is 0 Å². The van der Waals surface area contributed by atoms with Gasteiger partial charge in [0.15, 0.2) is 0 Å². The smallest absolute Gasteiger partial charge is 0.338 e. The van der Waals surface area contributed by atoms with Crippen molar-refractivity contribution >= 4 is 5.97 Å². The van der Waals surface area contributed by atoms with Gasteiger partial charge in [0, 0.05) is 0 Å². The molecule has 1 aromatic rings. The first-order valence-corrected chi connectivity index (χ1v) is 6.01. The van der Waals surface area contributed by atoms with Gasteiger partial charge in [0.2, 0.25) is 0 Å². The Morgan fingerprint density at radius 1 is 1.39 bits per heavy atom. The van der Waals surface area contributed by atoms with Crippen LogP contribution in [0.4, 0.5) is 0 Å². The predicted octanol–water partition coefficient (Wildman–Crippen LogP) is 3.36. The molecule has 18 heavy (non-hydrogen) atoms. The van der Waals surface area contributed by atoms with Crippen LogP contribution in [0.1, 0.15) is 48.7 Å². The lowest BCUT2D eigenvalue weighted by Crippen LogP contribution is -2.14. The molecule has 0 heterocycles. The molecule has 0 aliphatic rings. The molecule has 1 aromatic carbocycles. The zero-order valence-corrected chi connectivity index (χ0v) is 11.4. The number of esters is 1. The summed E-state index contributed by atoms with van der Waals surface area (Å²) in [5, 5.41) is 8.38. The molecule has 0 bridgehead atoms. The summed E-state index contributed by atoms with van der Waals surface area (Å²) in [6.45, 7) is 8.56. The van der Waals surface area contributed by atoms with Crippen molar-refractivity contribution in [2.45, 2.75) is 39.5 Å². The number of nitrogens with zero attached hydrogens (tertiary/aromatic N) is 1. The average molecular weight is 245 g/mol. The van der Waals surface area contributed by atoms with Gasteiger partial charge >= 0.3 is 5.97 Å². The third-order valence-corrected chi connectivity index (χ3v) is 2.72. The quantitative estimate of drug-likeness (QED) is 0.606. The highest BCUT2D eigenvalue weighted by atomic mass is 16.5. The molecule has 3 heteroatoms. The normalized spacial score (nSPS) is 10.8. The Labute approximate surface area is 108 Å². The Morgan fingerprint density at radius 2 is 2.06 bits per heavy atom. The van der Waals surface area contributed by atoms with Crippen molar-refractivity contribution in [3.8, 4) is 6.07 Å². The van der Waals surface area contributed by atoms with Gasteiger partial charge in [0.1, 0.15) is 6.61 Å². The predicted molar refractivity (Wildman–Crippen MR) is 70.4 cm³/mol. The maximum Gasteiger partial charge on any atom is 0.338 e. The molecule has 0 amide bonds. The Balaban J connectivity index is 2.85. The van der Waals surface area contributed by atoms with E-state index in [4.69, 9.17) is 10.00 Å². The number of benzene rings is 1. The molecule has 0 saturated carbocycles. The fraction of sp³-hybridized carbons (Fsp3) is 0.467. The zero-order valence-electron chi connectivity index (χ0n) is 11.4. The van der Waals surface area contributed by atoms with Gasteiger partial charge in [-0.1, -0.05) is 26.8 Å². The minimum absolute atomic E-state index is 0.0628. The van der Waals surface area contributed by atoms with Crippen LogP contribution in [-0.2, 0) is 10.2 Å². The summed E-state index contributed by atoms with van der Waals surface area (Å²) in [5.41, 5.74) is 2.90. The molecule has 0 spiro atoms. The van der Waals surface area contributed by atoms with E-state index in [9.17, 15) is 4.79 Å². The van der Waals surface area contributed by atoms with Gasteiger partial charge in [0.05, 0.1) is 18.1 Å². The summed E-state index contributed by atoms with van der Waals surface area (Å²) in [6, 6.07) is 7.53. The standard InChI is InChI=1S/C15H19NO2/c1-11-10-12(14(17)18-9-5-8-16)6-7-13(11)15(2,3)4/h6-7,10H,5,9H2,1-4H3. The second-order valence-corrected chi connectivity index (χ2v) is 5.32. The van der Waals surface area contributed by atoms with E-state index in [1.807, 2.05) is 25.1 Å². The molecule has 0 fully saturated rings. The molecule has 0 atom stereocenters. The zero-order chi connectivity index (χ0) is 13.8. The Bertz CT molecular complexity index is 478. The molecule has 0 aromatic heterocycles. The molecular weight excluding hydrogens is 226 g/mol. The summed E-state index contributed by atoms with van der Waals surface area (Å²) in [4.78, 5) is 11.7. The number of hydrogen-bond donors (Lipinski definition) is 0. The van der Waals surface area contributed by atoms with Crippen LogP contribution < -0.4 is 0 Å². The van der Waals surface area contributed by atoms with Crippen LogP contribution in [0.3, 0.4) is 0 Å². The van der Waals surface area contributed by atoms with Gasteiger partial charge < -0.3 is 4.74 Å². The maximum atomic E-state index is 11.7. The van der Waals surface area contributed by atoms with Gasteiger partial charge in [-0.25, -0.2) is 4.79 Å². The fourth-order valence-corrected chi connectivity index (χ4v) is 1.90. The number of rotatable bonds is 3. The minimum atomic E-state index is -0.367. The summed E-state index contributed by atoms with van der Waals surface area (Å²) in [5.74, 6) is -0.367. The van der Waals surface area contributed by atoms with Gasteiger partial charge in [-0.05, 0) is 35.6 Å². The number of aryl methyl sites for hydroxylation is 1. The third-order valence-electron chi connectivity index (χ3n) is 2.72. The highest BCUT2D eigenvalue weighted by Crippen LogP contribution is 2.26. The summed E-state index contributed by atoms with van der Waals surface area (Å²) in [7, 11) is 0. The molecule has 3 nitrogen and oxygen atoms in total. The summed E-state index contributed by atoms with van der Waals surface area (Å²) in [6.07, 6.45) is 0.227. The Kier molecular flexibility index (Phi) is 4.49. The van der Waals surface area contributed by atoms with Crippen LogP contribution in [0, 0.1) is 18.3 Å². The first-order valence-electron chi connectivity index (χ1n) is 6.01. The van der Waals surface area contributed by atoms with Crippen molar-refractivity contribution in [1.82, 2.24) is 0 Å². The molecule has 96 valence electrons. The van der Waals surface area contributed by atoms with Crippen molar-refractivity contribution in [1.29, 1.82) is 5.26 Å². The van der Waals surface area contributed by atoms with Crippen LogP contribution in [0.5, 0.6) is 0 Å². The monoisotopic (exact) mass is 245 g/mol. The number of carbonyl (C=O) groups is 1. The van der Waals surface area contributed by atoms with Gasteiger partial charge in [-0.3, -0.25) is 0 Å². The lowest BCUT2D eigenvalue weighted by Gasteiger charge is -2.21. The van der Waals surface area contributed by atoms with E-state index in [0.717, 1.165) is 5.56 Å². The van der Waals surface area contributed by atoms with Crippen molar-refractivity contribution in [3.05, 3.63) is 34.9 Å². The van der Waals surface area contributed by atoms with E-state index in [1.54, 1.807) is 6.07 Å². The van der Waals surface area contributed by atoms with E-state index < -0.39 is 0 Å². The average Bonchev–Trinajstić information content (AvgIpc) is 2.27. The topological polar surface area (TPSA) is 50.1 Å². The second kappa shape index (κ2) is 5.68. The second-order valence-electron chi connectivity index (χ2n) is 5.32. The van der Waals surface area contributed by atoms with E-state index in [1.165, 1.54) is 5.56 Å².